The molecule has 0 unspecified atom stereocenters. The molecular weight excluding hydrogens is 472 g/mol. The summed E-state index contributed by atoms with van der Waals surface area (Å²) in [5, 5.41) is 12.1. The summed E-state index contributed by atoms with van der Waals surface area (Å²) in [6, 6.07) is 4.95. The van der Waals surface area contributed by atoms with E-state index in [2.05, 4.69) is 10.1 Å². The minimum Gasteiger partial charge on any atom is -0.481 e. The second-order valence-electron chi connectivity index (χ2n) is 6.98. The summed E-state index contributed by atoms with van der Waals surface area (Å²) in [4.78, 5) is 25.1. The molecule has 7 nitrogen and oxygen atoms in total. The van der Waals surface area contributed by atoms with Crippen LogP contribution in [-0.4, -0.2) is 78.1 Å². The Hall–Kier alpha value is -2.41. The molecule has 0 atom stereocenters. The number of nitrogens with one attached hydrogen (secondary N) is 1. The first kappa shape index (κ1) is 25.8. The maximum Gasteiger partial charge on any atom is 0.434 e. The highest BCUT2D eigenvalue weighted by atomic mass is 35.5. The predicted octanol–water partition coefficient (Wildman–Crippen LogP) is 3.97. The van der Waals surface area contributed by atoms with E-state index in [9.17, 15) is 35.9 Å². The van der Waals surface area contributed by atoms with Gasteiger partial charge in [-0.3, -0.25) is 9.69 Å². The van der Waals surface area contributed by atoms with E-state index in [1.165, 1.54) is 0 Å². The molecular formula is C18H20ClF6N3O4. The summed E-state index contributed by atoms with van der Waals surface area (Å²) in [6.07, 6.45) is -17.5. The molecule has 1 aliphatic heterocycles. The molecule has 1 saturated heterocycles. The van der Waals surface area contributed by atoms with Crippen LogP contribution in [0.4, 0.5) is 36.8 Å². The van der Waals surface area contributed by atoms with Crippen LogP contribution >= 0.6 is 11.6 Å². The zero-order valence-electron chi connectivity index (χ0n) is 16.5. The average molecular weight is 492 g/mol. The van der Waals surface area contributed by atoms with Gasteiger partial charge in [-0.1, -0.05) is 17.7 Å². The summed E-state index contributed by atoms with van der Waals surface area (Å²) in [6.45, 7) is 0.586. The van der Waals surface area contributed by atoms with Gasteiger partial charge in [0.25, 0.3) is 6.10 Å². The summed E-state index contributed by atoms with van der Waals surface area (Å²) < 4.78 is 79.2. The Kier molecular flexibility index (Phi) is 8.46. The van der Waals surface area contributed by atoms with E-state index in [4.69, 9.17) is 16.7 Å². The zero-order chi connectivity index (χ0) is 24.1. The van der Waals surface area contributed by atoms with Gasteiger partial charge in [0.05, 0.1) is 6.42 Å². The van der Waals surface area contributed by atoms with Crippen LogP contribution in [0.1, 0.15) is 12.0 Å². The first-order valence-electron chi connectivity index (χ1n) is 9.33. The van der Waals surface area contributed by atoms with Crippen LogP contribution in [0.2, 0.25) is 5.02 Å². The number of halogens is 7. The van der Waals surface area contributed by atoms with Crippen molar-refractivity contribution in [2.45, 2.75) is 31.4 Å². The fourth-order valence-electron chi connectivity index (χ4n) is 2.98. The predicted molar refractivity (Wildman–Crippen MR) is 101 cm³/mol. The van der Waals surface area contributed by atoms with Gasteiger partial charge in [-0.2, -0.15) is 26.3 Å². The smallest absolute Gasteiger partial charge is 0.434 e. The summed E-state index contributed by atoms with van der Waals surface area (Å²) in [5.74, 6) is -0.984. The van der Waals surface area contributed by atoms with Crippen molar-refractivity contribution in [3.05, 3.63) is 28.8 Å². The number of carbonyl (C=O) groups excluding carboxylic acids is 1. The number of anilines is 1. The molecule has 180 valence electrons. The fourth-order valence-corrected chi connectivity index (χ4v) is 3.15. The van der Waals surface area contributed by atoms with Gasteiger partial charge in [-0.25, -0.2) is 4.79 Å². The molecule has 32 heavy (non-hydrogen) atoms. The van der Waals surface area contributed by atoms with E-state index in [1.807, 2.05) is 4.90 Å². The van der Waals surface area contributed by atoms with Crippen molar-refractivity contribution in [1.29, 1.82) is 0 Å². The van der Waals surface area contributed by atoms with E-state index in [1.54, 1.807) is 18.2 Å². The third kappa shape index (κ3) is 7.62. The topological polar surface area (TPSA) is 82.1 Å². The number of carbonyl (C=O) groups is 2. The lowest BCUT2D eigenvalue weighted by atomic mass is 10.1. The van der Waals surface area contributed by atoms with Crippen LogP contribution < -0.4 is 5.32 Å². The highest BCUT2D eigenvalue weighted by Gasteiger charge is 2.60. The van der Waals surface area contributed by atoms with Crippen molar-refractivity contribution in [3.8, 4) is 0 Å². The number of ether oxygens (including phenoxy) is 1. The second kappa shape index (κ2) is 10.5. The van der Waals surface area contributed by atoms with Gasteiger partial charge >= 0.3 is 24.4 Å². The first-order chi connectivity index (χ1) is 14.8. The van der Waals surface area contributed by atoms with Crippen molar-refractivity contribution in [2.24, 2.45) is 0 Å². The molecule has 0 radical (unpaired) electrons. The fraction of sp³-hybridized carbons (Fsp3) is 0.556. The summed E-state index contributed by atoms with van der Waals surface area (Å²) in [7, 11) is 0. The van der Waals surface area contributed by atoms with Crippen LogP contribution in [0.3, 0.4) is 0 Å². The minimum absolute atomic E-state index is 0.121. The van der Waals surface area contributed by atoms with Crippen LogP contribution in [0, 0.1) is 0 Å². The van der Waals surface area contributed by atoms with Crippen LogP contribution in [0.15, 0.2) is 18.2 Å². The number of carboxylic acid groups (broad SMARTS) is 1. The number of aliphatic carboxylic acids is 1. The molecule has 1 aromatic carbocycles. The maximum absolute atomic E-state index is 12.6. The third-order valence-electron chi connectivity index (χ3n) is 4.56. The molecule has 2 rings (SSSR count). The highest BCUT2D eigenvalue weighted by molar-refractivity contribution is 6.30. The van der Waals surface area contributed by atoms with E-state index >= 15 is 0 Å². The van der Waals surface area contributed by atoms with Gasteiger partial charge in [0, 0.05) is 50.0 Å². The third-order valence-corrected chi connectivity index (χ3v) is 4.80. The van der Waals surface area contributed by atoms with Crippen LogP contribution in [-0.2, 0) is 16.1 Å². The number of rotatable bonds is 7. The second-order valence-corrected chi connectivity index (χ2v) is 7.42. The monoisotopic (exact) mass is 491 g/mol. The molecule has 0 aromatic heterocycles. The van der Waals surface area contributed by atoms with E-state index in [0.717, 1.165) is 10.5 Å². The van der Waals surface area contributed by atoms with Gasteiger partial charge < -0.3 is 20.1 Å². The number of piperazine rings is 1. The van der Waals surface area contributed by atoms with Gasteiger partial charge in [0.15, 0.2) is 0 Å². The summed E-state index contributed by atoms with van der Waals surface area (Å²) in [5.41, 5.74) is 1.35. The number of alkyl halides is 6. The number of benzene rings is 1. The first-order valence-corrected chi connectivity index (χ1v) is 9.70. The van der Waals surface area contributed by atoms with Crippen LogP contribution in [0.5, 0.6) is 0 Å². The molecule has 1 aromatic rings. The molecule has 0 bridgehead atoms. The van der Waals surface area contributed by atoms with Crippen LogP contribution in [0.25, 0.3) is 0 Å². The van der Waals surface area contributed by atoms with Gasteiger partial charge in [0.1, 0.15) is 0 Å². The van der Waals surface area contributed by atoms with Crippen molar-refractivity contribution >= 4 is 29.4 Å². The lowest BCUT2D eigenvalue weighted by Crippen LogP contribution is -2.52. The lowest BCUT2D eigenvalue weighted by molar-refractivity contribution is -0.308. The molecule has 1 fully saturated rings. The Morgan fingerprint density at radius 1 is 1.09 bits per heavy atom. The Morgan fingerprint density at radius 3 is 2.22 bits per heavy atom. The van der Waals surface area contributed by atoms with Gasteiger partial charge in [-0.15, -0.1) is 0 Å². The SMILES string of the molecule is O=C(O)CCNc1cc(Cl)ccc1CN1CCN(C(=O)OC(C(F)(F)F)C(F)(F)F)CC1. The maximum atomic E-state index is 12.6. The molecule has 1 heterocycles. The molecule has 1 aliphatic rings. The normalized spacial score (nSPS) is 15.7. The van der Waals surface area contributed by atoms with Crippen molar-refractivity contribution < 1.29 is 45.8 Å². The Labute approximate surface area is 183 Å². The molecule has 1 amide bonds. The Balaban J connectivity index is 1.94. The number of amides is 1. The number of hydrogen-bond donors (Lipinski definition) is 2. The molecule has 2 N–H and O–H groups in total. The van der Waals surface area contributed by atoms with Gasteiger partial charge in [0.2, 0.25) is 0 Å². The van der Waals surface area contributed by atoms with Gasteiger partial charge in [-0.05, 0) is 17.7 Å². The zero-order valence-corrected chi connectivity index (χ0v) is 17.2. The quantitative estimate of drug-likeness (QED) is 0.562. The number of nitrogens with zero attached hydrogens (tertiary/aromatic N) is 2. The highest BCUT2D eigenvalue weighted by Crippen LogP contribution is 2.36. The lowest BCUT2D eigenvalue weighted by Gasteiger charge is -2.35. The minimum atomic E-state index is -5.77. The number of hydrogen-bond acceptors (Lipinski definition) is 5. The number of carboxylic acids is 1. The average Bonchev–Trinajstić information content (AvgIpc) is 2.66. The van der Waals surface area contributed by atoms with Crippen molar-refractivity contribution in [2.75, 3.05) is 38.0 Å². The Bertz CT molecular complexity index is 799. The van der Waals surface area contributed by atoms with Crippen molar-refractivity contribution in [1.82, 2.24) is 9.80 Å². The molecule has 0 saturated carbocycles. The van der Waals surface area contributed by atoms with E-state index in [-0.39, 0.29) is 39.1 Å². The largest absolute Gasteiger partial charge is 0.481 e. The Morgan fingerprint density at radius 2 is 1.69 bits per heavy atom. The molecule has 0 aliphatic carbocycles. The molecule has 14 heteroatoms. The van der Waals surface area contributed by atoms with E-state index < -0.39 is 30.5 Å². The van der Waals surface area contributed by atoms with E-state index in [0.29, 0.717) is 17.3 Å². The molecule has 0 spiro atoms. The summed E-state index contributed by atoms with van der Waals surface area (Å²) >= 11 is 5.97. The standard InChI is InChI=1S/C18H20ClF6N3O4/c19-12-2-1-11(13(9-12)26-4-3-14(29)30)10-27-5-7-28(8-6-27)16(31)32-15(17(20,21)22)18(23,24)25/h1-2,9,15,26H,3-8,10H2,(H,29,30). The van der Waals surface area contributed by atoms with Crippen molar-refractivity contribution in [3.63, 3.8) is 0 Å².